The van der Waals surface area contributed by atoms with Gasteiger partial charge in [0.1, 0.15) is 0 Å². The van der Waals surface area contributed by atoms with Crippen molar-refractivity contribution in [3.05, 3.63) is 45.7 Å². The summed E-state index contributed by atoms with van der Waals surface area (Å²) in [4.78, 5) is 1.25. The van der Waals surface area contributed by atoms with Gasteiger partial charge in [0.2, 0.25) is 0 Å². The van der Waals surface area contributed by atoms with E-state index in [1.165, 1.54) is 16.2 Å². The molecule has 0 bridgehead atoms. The smallest absolute Gasteiger partial charge is 0.0738 e. The zero-order chi connectivity index (χ0) is 14.0. The van der Waals surface area contributed by atoms with E-state index in [-0.39, 0.29) is 6.04 Å². The van der Waals surface area contributed by atoms with Crippen LogP contribution in [0.25, 0.3) is 0 Å². The van der Waals surface area contributed by atoms with Gasteiger partial charge in [-0.05, 0) is 47.5 Å². The van der Waals surface area contributed by atoms with Crippen molar-refractivity contribution in [1.29, 1.82) is 0 Å². The molecule has 1 heterocycles. The Balaban J connectivity index is 2.06. The highest BCUT2D eigenvalue weighted by Crippen LogP contribution is 2.29. The molecule has 1 aromatic carbocycles. The first kappa shape index (κ1) is 14.6. The fourth-order valence-corrected chi connectivity index (χ4v) is 3.48. The summed E-state index contributed by atoms with van der Waals surface area (Å²) in [6.07, 6.45) is 0. The van der Waals surface area contributed by atoms with Crippen molar-refractivity contribution in [2.24, 2.45) is 12.8 Å². The van der Waals surface area contributed by atoms with Crippen molar-refractivity contribution in [3.8, 4) is 0 Å². The van der Waals surface area contributed by atoms with E-state index < -0.39 is 0 Å². The Morgan fingerprint density at radius 1 is 1.37 bits per heavy atom. The molecule has 0 spiro atoms. The molecule has 0 aliphatic carbocycles. The number of halogens is 1. The second kappa shape index (κ2) is 6.11. The summed E-state index contributed by atoms with van der Waals surface area (Å²) in [5, 5.41) is 4.40. The minimum absolute atomic E-state index is 0.0907. The lowest BCUT2D eigenvalue weighted by Crippen LogP contribution is -2.04. The van der Waals surface area contributed by atoms with Gasteiger partial charge in [-0.15, -0.1) is 11.8 Å². The van der Waals surface area contributed by atoms with Gasteiger partial charge in [-0.2, -0.15) is 5.10 Å². The Bertz CT molecular complexity index is 561. The summed E-state index contributed by atoms with van der Waals surface area (Å²) in [5.41, 5.74) is 9.26. The number of rotatable bonds is 4. The highest BCUT2D eigenvalue weighted by Gasteiger charge is 2.10. The molecule has 1 unspecified atom stereocenters. The zero-order valence-electron chi connectivity index (χ0n) is 11.4. The van der Waals surface area contributed by atoms with Crippen LogP contribution in [0, 0.1) is 6.92 Å². The van der Waals surface area contributed by atoms with Gasteiger partial charge in [-0.25, -0.2) is 0 Å². The normalized spacial score (nSPS) is 12.7. The summed E-state index contributed by atoms with van der Waals surface area (Å²) in [6.45, 7) is 4.01. The summed E-state index contributed by atoms with van der Waals surface area (Å²) >= 11 is 5.40. The summed E-state index contributed by atoms with van der Waals surface area (Å²) < 4.78 is 3.04. The van der Waals surface area contributed by atoms with Crippen LogP contribution in [-0.4, -0.2) is 9.78 Å². The van der Waals surface area contributed by atoms with Gasteiger partial charge < -0.3 is 5.73 Å². The molecule has 102 valence electrons. The van der Waals surface area contributed by atoms with Crippen LogP contribution < -0.4 is 5.73 Å². The van der Waals surface area contributed by atoms with E-state index in [0.29, 0.717) is 0 Å². The van der Waals surface area contributed by atoms with Gasteiger partial charge in [-0.1, -0.05) is 12.1 Å². The van der Waals surface area contributed by atoms with E-state index in [2.05, 4.69) is 45.3 Å². The highest BCUT2D eigenvalue weighted by atomic mass is 79.9. The molecule has 2 aromatic rings. The van der Waals surface area contributed by atoms with Crippen molar-refractivity contribution in [2.75, 3.05) is 0 Å². The molecular formula is C14H18BrN3S. The number of benzene rings is 1. The molecule has 0 aliphatic heterocycles. The number of nitrogens with zero attached hydrogens (tertiary/aromatic N) is 2. The number of hydrogen-bond donors (Lipinski definition) is 1. The summed E-state index contributed by atoms with van der Waals surface area (Å²) in [5.74, 6) is 0.898. The molecule has 0 saturated heterocycles. The molecule has 1 aromatic heterocycles. The predicted octanol–water partition coefficient (Wildman–Crippen LogP) is 3.80. The van der Waals surface area contributed by atoms with E-state index >= 15 is 0 Å². The molecule has 0 aliphatic rings. The van der Waals surface area contributed by atoms with Crippen molar-refractivity contribution in [1.82, 2.24) is 9.78 Å². The van der Waals surface area contributed by atoms with Gasteiger partial charge in [0.25, 0.3) is 0 Å². The van der Waals surface area contributed by atoms with Crippen molar-refractivity contribution in [2.45, 2.75) is 30.5 Å². The largest absolute Gasteiger partial charge is 0.324 e. The fraction of sp³-hybridized carbons (Fsp3) is 0.357. The van der Waals surface area contributed by atoms with Crippen LogP contribution in [0.4, 0.5) is 0 Å². The Labute approximate surface area is 126 Å². The fourth-order valence-electron chi connectivity index (χ4n) is 1.86. The van der Waals surface area contributed by atoms with E-state index in [4.69, 9.17) is 5.73 Å². The van der Waals surface area contributed by atoms with Gasteiger partial charge in [0.15, 0.2) is 0 Å². The molecule has 0 radical (unpaired) electrons. The zero-order valence-corrected chi connectivity index (χ0v) is 13.8. The first-order chi connectivity index (χ1) is 8.99. The standard InChI is InChI=1S/C14H18BrN3S/c1-9(16)11-4-6-12(7-5-11)19-8-13-14(15)10(2)17-18(13)3/h4-7,9H,8,16H2,1-3H3. The number of aromatic nitrogens is 2. The van der Waals surface area contributed by atoms with Crippen LogP contribution in [-0.2, 0) is 12.8 Å². The Morgan fingerprint density at radius 2 is 2.00 bits per heavy atom. The lowest BCUT2D eigenvalue weighted by atomic mass is 10.1. The maximum absolute atomic E-state index is 5.85. The van der Waals surface area contributed by atoms with Gasteiger partial charge in [-0.3, -0.25) is 4.68 Å². The second-order valence-electron chi connectivity index (χ2n) is 4.62. The topological polar surface area (TPSA) is 43.8 Å². The van der Waals surface area contributed by atoms with Crippen LogP contribution >= 0.6 is 27.7 Å². The molecule has 5 heteroatoms. The van der Waals surface area contributed by atoms with Crippen molar-refractivity contribution >= 4 is 27.7 Å². The highest BCUT2D eigenvalue weighted by molar-refractivity contribution is 9.10. The Kier molecular flexibility index (Phi) is 4.71. The lowest BCUT2D eigenvalue weighted by molar-refractivity contribution is 0.727. The average Bonchev–Trinajstić information content (AvgIpc) is 2.62. The first-order valence-corrected chi connectivity index (χ1v) is 7.93. The Hall–Kier alpha value is -0.780. The SMILES string of the molecule is Cc1nn(C)c(CSc2ccc(C(C)N)cc2)c1Br. The molecule has 2 rings (SSSR count). The van der Waals surface area contributed by atoms with Crippen LogP contribution in [0.15, 0.2) is 33.6 Å². The molecule has 1 atom stereocenters. The van der Waals surface area contributed by atoms with Crippen molar-refractivity contribution in [3.63, 3.8) is 0 Å². The number of aryl methyl sites for hydroxylation is 2. The lowest BCUT2D eigenvalue weighted by Gasteiger charge is -2.07. The van der Waals surface area contributed by atoms with E-state index in [1.54, 1.807) is 11.8 Å². The quantitative estimate of drug-likeness (QED) is 0.861. The second-order valence-corrected chi connectivity index (χ2v) is 6.46. The van der Waals surface area contributed by atoms with Gasteiger partial charge >= 0.3 is 0 Å². The molecule has 19 heavy (non-hydrogen) atoms. The van der Waals surface area contributed by atoms with Gasteiger partial charge in [0.05, 0.1) is 15.9 Å². The number of thioether (sulfide) groups is 1. The number of hydrogen-bond acceptors (Lipinski definition) is 3. The molecule has 0 fully saturated rings. The van der Waals surface area contributed by atoms with E-state index in [9.17, 15) is 0 Å². The Morgan fingerprint density at radius 3 is 2.47 bits per heavy atom. The third-order valence-corrected chi connectivity index (χ3v) is 5.10. The first-order valence-electron chi connectivity index (χ1n) is 6.15. The van der Waals surface area contributed by atoms with E-state index in [0.717, 1.165) is 15.9 Å². The van der Waals surface area contributed by atoms with Crippen LogP contribution in [0.1, 0.15) is 29.9 Å². The summed E-state index contributed by atoms with van der Waals surface area (Å²) in [6, 6.07) is 8.53. The van der Waals surface area contributed by atoms with Crippen LogP contribution in [0.3, 0.4) is 0 Å². The monoisotopic (exact) mass is 339 g/mol. The third kappa shape index (κ3) is 3.41. The molecule has 0 saturated carbocycles. The minimum Gasteiger partial charge on any atom is -0.324 e. The van der Waals surface area contributed by atoms with Crippen LogP contribution in [0.2, 0.25) is 0 Å². The average molecular weight is 340 g/mol. The number of nitrogens with two attached hydrogens (primary N) is 1. The molecule has 0 amide bonds. The maximum atomic E-state index is 5.85. The minimum atomic E-state index is 0.0907. The molecule has 2 N–H and O–H groups in total. The third-order valence-electron chi connectivity index (χ3n) is 3.04. The van der Waals surface area contributed by atoms with E-state index in [1.807, 2.05) is 25.6 Å². The maximum Gasteiger partial charge on any atom is 0.0738 e. The summed E-state index contributed by atoms with van der Waals surface area (Å²) in [7, 11) is 1.98. The van der Waals surface area contributed by atoms with Crippen molar-refractivity contribution < 1.29 is 0 Å². The van der Waals surface area contributed by atoms with Crippen LogP contribution in [0.5, 0.6) is 0 Å². The molecule has 3 nitrogen and oxygen atoms in total. The van der Waals surface area contributed by atoms with Gasteiger partial charge in [0, 0.05) is 23.7 Å². The molecular weight excluding hydrogens is 322 g/mol. The predicted molar refractivity (Wildman–Crippen MR) is 84.3 cm³/mol.